The third kappa shape index (κ3) is 3.87. The quantitative estimate of drug-likeness (QED) is 0.753. The smallest absolute Gasteiger partial charge is 0.405 e. The van der Waals surface area contributed by atoms with E-state index in [1.807, 2.05) is 0 Å². The predicted molar refractivity (Wildman–Crippen MR) is 72.3 cm³/mol. The van der Waals surface area contributed by atoms with Crippen LogP contribution in [0, 0.1) is 5.82 Å². The van der Waals surface area contributed by atoms with Crippen LogP contribution < -0.4 is 5.32 Å². The lowest BCUT2D eigenvalue weighted by molar-refractivity contribution is 0.118. The molecule has 0 saturated heterocycles. The summed E-state index contributed by atoms with van der Waals surface area (Å²) < 4.78 is 13.2. The Morgan fingerprint density at radius 3 is 2.71 bits per heavy atom. The van der Waals surface area contributed by atoms with E-state index in [0.717, 1.165) is 12.4 Å². The van der Waals surface area contributed by atoms with Crippen molar-refractivity contribution in [1.29, 1.82) is 0 Å². The number of nitrogens with one attached hydrogen (secondary N) is 1. The van der Waals surface area contributed by atoms with Crippen molar-refractivity contribution in [2.45, 2.75) is 12.1 Å². The average molecular weight is 312 g/mol. The van der Waals surface area contributed by atoms with Gasteiger partial charge >= 0.3 is 6.09 Å². The van der Waals surface area contributed by atoms with E-state index in [1.165, 1.54) is 24.3 Å². The van der Waals surface area contributed by atoms with Crippen LogP contribution in [0.15, 0.2) is 36.7 Å². The topological polar surface area (TPSA) is 95.3 Å². The van der Waals surface area contributed by atoms with Crippen molar-refractivity contribution in [3.8, 4) is 0 Å². The number of carbonyl (C=O) groups is 1. The van der Waals surface area contributed by atoms with Crippen LogP contribution in [0.5, 0.6) is 0 Å². The molecule has 0 aliphatic rings. The number of carboxylic acid groups (broad SMARTS) is 1. The molecule has 2 aromatic rings. The molecule has 0 unspecified atom stereocenters. The molecule has 0 aliphatic heterocycles. The maximum Gasteiger partial charge on any atom is 0.405 e. The van der Waals surface area contributed by atoms with Crippen LogP contribution >= 0.6 is 11.6 Å². The summed E-state index contributed by atoms with van der Waals surface area (Å²) in [6.07, 6.45) is -1.54. The highest BCUT2D eigenvalue weighted by molar-refractivity contribution is 6.29. The Morgan fingerprint density at radius 2 is 2.10 bits per heavy atom. The molecule has 1 aromatic heterocycles. The monoisotopic (exact) mass is 311 g/mol. The number of hydrogen-bond donors (Lipinski definition) is 3. The van der Waals surface area contributed by atoms with Gasteiger partial charge in [0.15, 0.2) is 0 Å². The number of hydrogen-bond acceptors (Lipinski definition) is 4. The van der Waals surface area contributed by atoms with Crippen molar-refractivity contribution in [1.82, 2.24) is 15.3 Å². The van der Waals surface area contributed by atoms with Crippen molar-refractivity contribution in [3.63, 3.8) is 0 Å². The van der Waals surface area contributed by atoms with Gasteiger partial charge in [0.1, 0.15) is 29.4 Å². The van der Waals surface area contributed by atoms with E-state index in [2.05, 4.69) is 15.3 Å². The van der Waals surface area contributed by atoms with Crippen LogP contribution in [0.2, 0.25) is 5.15 Å². The molecule has 2 rings (SSSR count). The first-order valence-corrected chi connectivity index (χ1v) is 6.25. The average Bonchev–Trinajstić information content (AvgIpc) is 2.44. The van der Waals surface area contributed by atoms with E-state index in [4.69, 9.17) is 16.7 Å². The molecule has 2 atom stereocenters. The Bertz CT molecular complexity index is 656. The SMILES string of the molecule is O=C(O)N[C@H](c1cc(Cl)ncn1)[C@H](O)c1cccc(F)c1. The zero-order valence-electron chi connectivity index (χ0n) is 10.6. The zero-order chi connectivity index (χ0) is 15.4. The molecular weight excluding hydrogens is 301 g/mol. The standard InChI is InChI=1S/C13H11ClFN3O3/c14-10-5-9(16-6-17-10)11(18-13(20)21)12(19)7-2-1-3-8(15)4-7/h1-6,11-12,18-19H,(H,20,21)/t11-,12-/m1/s1. The van der Waals surface area contributed by atoms with E-state index < -0.39 is 24.1 Å². The number of aromatic nitrogens is 2. The third-order valence-corrected chi connectivity index (χ3v) is 2.97. The van der Waals surface area contributed by atoms with Gasteiger partial charge in [-0.1, -0.05) is 23.7 Å². The first-order valence-electron chi connectivity index (χ1n) is 5.88. The van der Waals surface area contributed by atoms with E-state index in [0.29, 0.717) is 0 Å². The highest BCUT2D eigenvalue weighted by Gasteiger charge is 2.26. The summed E-state index contributed by atoms with van der Waals surface area (Å²) in [6.45, 7) is 0. The molecule has 1 amide bonds. The normalized spacial score (nSPS) is 13.5. The van der Waals surface area contributed by atoms with Crippen molar-refractivity contribution in [2.24, 2.45) is 0 Å². The fourth-order valence-electron chi connectivity index (χ4n) is 1.85. The van der Waals surface area contributed by atoms with E-state index >= 15 is 0 Å². The second-order valence-electron chi connectivity index (χ2n) is 4.19. The fourth-order valence-corrected chi connectivity index (χ4v) is 2.00. The second kappa shape index (κ2) is 6.47. The third-order valence-electron chi connectivity index (χ3n) is 2.76. The summed E-state index contributed by atoms with van der Waals surface area (Å²) in [4.78, 5) is 18.5. The van der Waals surface area contributed by atoms with Gasteiger partial charge in [0.2, 0.25) is 0 Å². The summed E-state index contributed by atoms with van der Waals surface area (Å²) in [7, 11) is 0. The molecule has 1 heterocycles. The van der Waals surface area contributed by atoms with E-state index in [9.17, 15) is 14.3 Å². The molecule has 1 aromatic carbocycles. The van der Waals surface area contributed by atoms with Crippen LogP contribution in [0.25, 0.3) is 0 Å². The van der Waals surface area contributed by atoms with Gasteiger partial charge in [0.25, 0.3) is 0 Å². The summed E-state index contributed by atoms with van der Waals surface area (Å²) in [5, 5.41) is 21.4. The molecule has 3 N–H and O–H groups in total. The van der Waals surface area contributed by atoms with Crippen LogP contribution in [-0.2, 0) is 0 Å². The molecular formula is C13H11ClFN3O3. The van der Waals surface area contributed by atoms with Crippen molar-refractivity contribution in [2.75, 3.05) is 0 Å². The molecule has 0 radical (unpaired) electrons. The van der Waals surface area contributed by atoms with Crippen LogP contribution in [0.3, 0.4) is 0 Å². The molecule has 0 bridgehead atoms. The lowest BCUT2D eigenvalue weighted by atomic mass is 9.99. The van der Waals surface area contributed by atoms with Crippen LogP contribution in [0.1, 0.15) is 23.4 Å². The lowest BCUT2D eigenvalue weighted by Gasteiger charge is -2.22. The molecule has 0 fully saturated rings. The minimum absolute atomic E-state index is 0.101. The molecule has 110 valence electrons. The van der Waals surface area contributed by atoms with Gasteiger partial charge in [0, 0.05) is 0 Å². The first kappa shape index (κ1) is 15.1. The van der Waals surface area contributed by atoms with Gasteiger partial charge in [-0.15, -0.1) is 0 Å². The maximum atomic E-state index is 13.2. The van der Waals surface area contributed by atoms with Gasteiger partial charge < -0.3 is 15.5 Å². The Hall–Kier alpha value is -2.25. The summed E-state index contributed by atoms with van der Waals surface area (Å²) >= 11 is 5.73. The first-order chi connectivity index (χ1) is 9.97. The van der Waals surface area contributed by atoms with Gasteiger partial charge in [-0.3, -0.25) is 0 Å². The van der Waals surface area contributed by atoms with Gasteiger partial charge in [-0.25, -0.2) is 19.2 Å². The number of aliphatic hydroxyl groups excluding tert-OH is 1. The maximum absolute atomic E-state index is 13.2. The largest absolute Gasteiger partial charge is 0.465 e. The molecule has 0 aliphatic carbocycles. The Morgan fingerprint density at radius 1 is 1.33 bits per heavy atom. The number of rotatable bonds is 4. The predicted octanol–water partition coefficient (Wildman–Crippen LogP) is 2.31. The minimum Gasteiger partial charge on any atom is -0.465 e. The molecule has 21 heavy (non-hydrogen) atoms. The Labute approximate surface area is 124 Å². The van der Waals surface area contributed by atoms with Gasteiger partial charge in [-0.2, -0.15) is 0 Å². The van der Waals surface area contributed by atoms with E-state index in [1.54, 1.807) is 0 Å². The van der Waals surface area contributed by atoms with Gasteiger partial charge in [-0.05, 0) is 23.8 Å². The number of benzene rings is 1. The fraction of sp³-hybridized carbons (Fsp3) is 0.154. The Balaban J connectivity index is 2.38. The lowest BCUT2D eigenvalue weighted by Crippen LogP contribution is -2.32. The highest BCUT2D eigenvalue weighted by atomic mass is 35.5. The zero-order valence-corrected chi connectivity index (χ0v) is 11.3. The van der Waals surface area contributed by atoms with Crippen molar-refractivity contribution in [3.05, 3.63) is 58.9 Å². The van der Waals surface area contributed by atoms with Crippen molar-refractivity contribution >= 4 is 17.7 Å². The van der Waals surface area contributed by atoms with Crippen molar-refractivity contribution < 1.29 is 19.4 Å². The molecule has 0 spiro atoms. The summed E-state index contributed by atoms with van der Waals surface area (Å²) in [5.41, 5.74) is 0.387. The number of amides is 1. The molecule has 0 saturated carbocycles. The Kier molecular flexibility index (Phi) is 4.66. The molecule has 6 nitrogen and oxygen atoms in total. The number of nitrogens with zero attached hydrogens (tertiary/aromatic N) is 2. The minimum atomic E-state index is -1.36. The van der Waals surface area contributed by atoms with Gasteiger partial charge in [0.05, 0.1) is 5.69 Å². The van der Waals surface area contributed by atoms with Crippen LogP contribution in [0.4, 0.5) is 9.18 Å². The highest BCUT2D eigenvalue weighted by Crippen LogP contribution is 2.28. The van der Waals surface area contributed by atoms with Crippen LogP contribution in [-0.4, -0.2) is 26.3 Å². The summed E-state index contributed by atoms with van der Waals surface area (Å²) in [5.74, 6) is -0.540. The second-order valence-corrected chi connectivity index (χ2v) is 4.58. The molecule has 8 heteroatoms. The summed E-state index contributed by atoms with van der Waals surface area (Å²) in [6, 6.07) is 5.45. The van der Waals surface area contributed by atoms with E-state index in [-0.39, 0.29) is 16.4 Å². The number of halogens is 2. The number of aliphatic hydroxyl groups is 1.